The number of carbonyl (C=O) groups is 1. The molecule has 0 radical (unpaired) electrons. The highest BCUT2D eigenvalue weighted by Crippen LogP contribution is 2.27. The first-order chi connectivity index (χ1) is 8.47. The molecule has 18 heavy (non-hydrogen) atoms. The Morgan fingerprint density at radius 3 is 2.61 bits per heavy atom. The highest BCUT2D eigenvalue weighted by Gasteiger charge is 2.20. The van der Waals surface area contributed by atoms with Crippen LogP contribution in [0.4, 0.5) is 0 Å². The SMILES string of the molecule is CC(CC(=O)NN)N(C)C(C)c1ccccc1Cl. The van der Waals surface area contributed by atoms with Crippen molar-refractivity contribution in [1.82, 2.24) is 10.3 Å². The van der Waals surface area contributed by atoms with Crippen LogP contribution in [0.5, 0.6) is 0 Å². The smallest absolute Gasteiger partial charge is 0.235 e. The highest BCUT2D eigenvalue weighted by atomic mass is 35.5. The molecule has 5 heteroatoms. The summed E-state index contributed by atoms with van der Waals surface area (Å²) in [6, 6.07) is 7.96. The van der Waals surface area contributed by atoms with Crippen molar-refractivity contribution in [3.05, 3.63) is 34.9 Å². The molecule has 2 unspecified atom stereocenters. The van der Waals surface area contributed by atoms with E-state index in [1.165, 1.54) is 0 Å². The second kappa shape index (κ2) is 6.73. The number of hydrogen-bond acceptors (Lipinski definition) is 3. The van der Waals surface area contributed by atoms with Gasteiger partial charge in [-0.25, -0.2) is 5.84 Å². The fourth-order valence-electron chi connectivity index (χ4n) is 1.89. The third-order valence-corrected chi connectivity index (χ3v) is 3.65. The van der Waals surface area contributed by atoms with E-state index in [0.717, 1.165) is 10.6 Å². The molecule has 0 aliphatic carbocycles. The van der Waals surface area contributed by atoms with Crippen molar-refractivity contribution in [2.75, 3.05) is 7.05 Å². The van der Waals surface area contributed by atoms with Crippen LogP contribution in [-0.2, 0) is 4.79 Å². The van der Waals surface area contributed by atoms with Gasteiger partial charge in [-0.15, -0.1) is 0 Å². The maximum absolute atomic E-state index is 11.3. The van der Waals surface area contributed by atoms with E-state index in [1.807, 2.05) is 38.2 Å². The number of benzene rings is 1. The average molecular weight is 270 g/mol. The minimum atomic E-state index is -0.166. The Morgan fingerprint density at radius 1 is 1.44 bits per heavy atom. The number of nitrogens with zero attached hydrogens (tertiary/aromatic N) is 1. The Kier molecular flexibility index (Phi) is 5.59. The molecule has 0 bridgehead atoms. The molecule has 0 saturated carbocycles. The lowest BCUT2D eigenvalue weighted by Gasteiger charge is -2.31. The molecule has 4 nitrogen and oxygen atoms in total. The van der Waals surface area contributed by atoms with Crippen LogP contribution in [0.15, 0.2) is 24.3 Å². The van der Waals surface area contributed by atoms with Gasteiger partial charge in [-0.05, 0) is 32.5 Å². The summed E-state index contributed by atoms with van der Waals surface area (Å²) in [4.78, 5) is 13.4. The zero-order valence-electron chi connectivity index (χ0n) is 11.0. The van der Waals surface area contributed by atoms with Crippen molar-refractivity contribution in [2.45, 2.75) is 32.4 Å². The van der Waals surface area contributed by atoms with Crippen LogP contribution < -0.4 is 11.3 Å². The fraction of sp³-hybridized carbons (Fsp3) is 0.462. The van der Waals surface area contributed by atoms with E-state index in [0.29, 0.717) is 6.42 Å². The molecule has 1 aromatic rings. The van der Waals surface area contributed by atoms with Gasteiger partial charge in [0.25, 0.3) is 0 Å². The molecule has 0 aliphatic rings. The average Bonchev–Trinajstić information content (AvgIpc) is 2.37. The molecule has 1 aromatic carbocycles. The summed E-state index contributed by atoms with van der Waals surface area (Å²) in [6.45, 7) is 4.06. The lowest BCUT2D eigenvalue weighted by atomic mass is 10.0. The summed E-state index contributed by atoms with van der Waals surface area (Å²) in [5, 5.41) is 0.743. The predicted octanol–water partition coefficient (Wildman–Crippen LogP) is 2.10. The van der Waals surface area contributed by atoms with E-state index in [1.54, 1.807) is 0 Å². The van der Waals surface area contributed by atoms with E-state index < -0.39 is 0 Å². The first-order valence-electron chi connectivity index (χ1n) is 5.93. The molecule has 0 heterocycles. The largest absolute Gasteiger partial charge is 0.296 e. The first-order valence-corrected chi connectivity index (χ1v) is 6.31. The number of nitrogens with two attached hydrogens (primary N) is 1. The lowest BCUT2D eigenvalue weighted by Crippen LogP contribution is -2.38. The van der Waals surface area contributed by atoms with Gasteiger partial charge in [0, 0.05) is 23.5 Å². The molecule has 1 rings (SSSR count). The van der Waals surface area contributed by atoms with Crippen LogP contribution in [0.25, 0.3) is 0 Å². The molecular formula is C13H20ClN3O. The van der Waals surface area contributed by atoms with Gasteiger partial charge < -0.3 is 0 Å². The maximum Gasteiger partial charge on any atom is 0.235 e. The zero-order valence-corrected chi connectivity index (χ0v) is 11.7. The number of hydrogen-bond donors (Lipinski definition) is 2. The lowest BCUT2D eigenvalue weighted by molar-refractivity contribution is -0.122. The topological polar surface area (TPSA) is 58.4 Å². The third kappa shape index (κ3) is 3.70. The predicted molar refractivity (Wildman–Crippen MR) is 74.0 cm³/mol. The number of carbonyl (C=O) groups excluding carboxylic acids is 1. The van der Waals surface area contributed by atoms with Crippen molar-refractivity contribution in [1.29, 1.82) is 0 Å². The highest BCUT2D eigenvalue weighted by molar-refractivity contribution is 6.31. The number of rotatable bonds is 5. The van der Waals surface area contributed by atoms with Gasteiger partial charge in [-0.2, -0.15) is 0 Å². The summed E-state index contributed by atoms with van der Waals surface area (Å²) < 4.78 is 0. The Labute approximate surface area is 113 Å². The van der Waals surface area contributed by atoms with Gasteiger partial charge in [-0.3, -0.25) is 15.1 Å². The number of halogens is 1. The monoisotopic (exact) mass is 269 g/mol. The van der Waals surface area contributed by atoms with Gasteiger partial charge in [0.2, 0.25) is 5.91 Å². The third-order valence-electron chi connectivity index (χ3n) is 3.30. The fourth-order valence-corrected chi connectivity index (χ4v) is 2.18. The van der Waals surface area contributed by atoms with Gasteiger partial charge in [0.1, 0.15) is 0 Å². The van der Waals surface area contributed by atoms with E-state index in [9.17, 15) is 4.79 Å². The van der Waals surface area contributed by atoms with Crippen molar-refractivity contribution >= 4 is 17.5 Å². The van der Waals surface area contributed by atoms with Crippen LogP contribution in [0.2, 0.25) is 5.02 Å². The van der Waals surface area contributed by atoms with Gasteiger partial charge >= 0.3 is 0 Å². The summed E-state index contributed by atoms with van der Waals surface area (Å²) in [5.74, 6) is 4.93. The molecule has 0 aliphatic heterocycles. The van der Waals surface area contributed by atoms with Crippen molar-refractivity contribution in [3.8, 4) is 0 Å². The Balaban J connectivity index is 2.75. The van der Waals surface area contributed by atoms with E-state index in [-0.39, 0.29) is 18.0 Å². The summed E-state index contributed by atoms with van der Waals surface area (Å²) >= 11 is 6.17. The van der Waals surface area contributed by atoms with Crippen molar-refractivity contribution in [3.63, 3.8) is 0 Å². The second-order valence-electron chi connectivity index (χ2n) is 4.48. The van der Waals surface area contributed by atoms with Gasteiger partial charge in [0.15, 0.2) is 0 Å². The van der Waals surface area contributed by atoms with E-state index >= 15 is 0 Å². The molecule has 0 fully saturated rings. The van der Waals surface area contributed by atoms with Gasteiger partial charge in [-0.1, -0.05) is 29.8 Å². The molecule has 3 N–H and O–H groups in total. The van der Waals surface area contributed by atoms with Crippen molar-refractivity contribution in [2.24, 2.45) is 5.84 Å². The molecule has 2 atom stereocenters. The minimum Gasteiger partial charge on any atom is -0.296 e. The van der Waals surface area contributed by atoms with Crippen LogP contribution in [0, 0.1) is 0 Å². The Morgan fingerprint density at radius 2 is 2.06 bits per heavy atom. The number of nitrogens with one attached hydrogen (secondary N) is 1. The van der Waals surface area contributed by atoms with Crippen LogP contribution in [0.1, 0.15) is 31.9 Å². The van der Waals surface area contributed by atoms with Gasteiger partial charge in [0.05, 0.1) is 0 Å². The maximum atomic E-state index is 11.3. The second-order valence-corrected chi connectivity index (χ2v) is 4.89. The number of amides is 1. The Bertz CT molecular complexity index is 411. The normalized spacial score (nSPS) is 14.3. The molecule has 0 aromatic heterocycles. The molecule has 0 spiro atoms. The molecule has 1 amide bonds. The summed E-state index contributed by atoms with van der Waals surface area (Å²) in [7, 11) is 1.97. The van der Waals surface area contributed by atoms with E-state index in [4.69, 9.17) is 17.4 Å². The molecule has 0 saturated heterocycles. The van der Waals surface area contributed by atoms with Crippen LogP contribution in [-0.4, -0.2) is 23.9 Å². The quantitative estimate of drug-likeness (QED) is 0.489. The zero-order chi connectivity index (χ0) is 13.7. The van der Waals surface area contributed by atoms with Crippen LogP contribution >= 0.6 is 11.6 Å². The summed E-state index contributed by atoms with van der Waals surface area (Å²) in [6.07, 6.45) is 0.363. The van der Waals surface area contributed by atoms with Crippen LogP contribution in [0.3, 0.4) is 0 Å². The minimum absolute atomic E-state index is 0.0832. The molecular weight excluding hydrogens is 250 g/mol. The molecule has 100 valence electrons. The Hall–Kier alpha value is -1.10. The van der Waals surface area contributed by atoms with Crippen molar-refractivity contribution < 1.29 is 4.79 Å². The standard InChI is InChI=1S/C13H20ClN3O/c1-9(8-13(18)16-15)17(3)10(2)11-6-4-5-7-12(11)14/h4-7,9-10H,8,15H2,1-3H3,(H,16,18). The first kappa shape index (κ1) is 15.0. The number of hydrazine groups is 1. The van der Waals surface area contributed by atoms with E-state index in [2.05, 4.69) is 17.2 Å². The summed E-state index contributed by atoms with van der Waals surface area (Å²) in [5.41, 5.74) is 3.21.